The SMILES string of the molecule is CSc1ccc2nc([C@@H]3CCCN3N3C=C(c4ccc(C)cc4)SC3C)[nH]c2c1. The molecular formula is C23H26N4S2. The molecule has 3 heterocycles. The number of aryl methyl sites for hydroxylation is 1. The van der Waals surface area contributed by atoms with Gasteiger partial charge >= 0.3 is 0 Å². The molecule has 0 radical (unpaired) electrons. The van der Waals surface area contributed by atoms with Crippen LogP contribution in [0.2, 0.25) is 0 Å². The number of benzene rings is 2. The second kappa shape index (κ2) is 7.74. The van der Waals surface area contributed by atoms with Crippen molar-refractivity contribution in [3.05, 3.63) is 65.6 Å². The first-order valence-electron chi connectivity index (χ1n) is 10.2. The molecule has 0 spiro atoms. The van der Waals surface area contributed by atoms with E-state index in [1.807, 2.05) is 11.8 Å². The minimum Gasteiger partial charge on any atom is -0.341 e. The van der Waals surface area contributed by atoms with Gasteiger partial charge in [0.1, 0.15) is 5.82 Å². The lowest BCUT2D eigenvalue weighted by molar-refractivity contribution is 0.00255. The Morgan fingerprint density at radius 2 is 2.00 bits per heavy atom. The first-order chi connectivity index (χ1) is 14.1. The predicted molar refractivity (Wildman–Crippen MR) is 125 cm³/mol. The fraction of sp³-hybridized carbons (Fsp3) is 0.348. The standard InChI is InChI=1S/C23H26N4S2/c1-15-6-8-17(9-7-15)22-14-27(16(2)29-22)26-12-4-5-21(26)23-24-19-11-10-18(28-3)13-20(19)25-23/h6-11,13-14,16,21H,4-5,12H2,1-3H3,(H,24,25)/t16?,21-/m0/s1. The smallest absolute Gasteiger partial charge is 0.126 e. The van der Waals surface area contributed by atoms with Crippen LogP contribution in [0.15, 0.2) is 53.6 Å². The van der Waals surface area contributed by atoms with E-state index < -0.39 is 0 Å². The summed E-state index contributed by atoms with van der Waals surface area (Å²) in [5.41, 5.74) is 4.80. The fourth-order valence-corrected chi connectivity index (χ4v) is 5.77. The second-order valence-corrected chi connectivity index (χ2v) is 10.0. The van der Waals surface area contributed by atoms with Gasteiger partial charge in [0.05, 0.1) is 22.4 Å². The molecule has 1 N–H and O–H groups in total. The zero-order valence-electron chi connectivity index (χ0n) is 17.1. The third-order valence-electron chi connectivity index (χ3n) is 5.80. The van der Waals surface area contributed by atoms with Crippen LogP contribution >= 0.6 is 23.5 Å². The number of aromatic amines is 1. The van der Waals surface area contributed by atoms with Crippen LogP contribution in [0.3, 0.4) is 0 Å². The zero-order chi connectivity index (χ0) is 20.0. The molecule has 2 aliphatic heterocycles. The van der Waals surface area contributed by atoms with Crippen molar-refractivity contribution >= 4 is 39.5 Å². The average Bonchev–Trinajstić information content (AvgIpc) is 3.45. The van der Waals surface area contributed by atoms with E-state index in [1.54, 1.807) is 11.8 Å². The first kappa shape index (κ1) is 19.1. The number of thioether (sulfide) groups is 2. The fourth-order valence-electron chi connectivity index (χ4n) is 4.24. The van der Waals surface area contributed by atoms with Crippen molar-refractivity contribution in [3.63, 3.8) is 0 Å². The molecule has 1 aromatic heterocycles. The van der Waals surface area contributed by atoms with Crippen molar-refractivity contribution in [2.24, 2.45) is 0 Å². The number of fused-ring (bicyclic) bond motifs is 1. The van der Waals surface area contributed by atoms with Crippen molar-refractivity contribution in [1.82, 2.24) is 20.0 Å². The number of hydrazine groups is 1. The third kappa shape index (κ3) is 3.58. The highest BCUT2D eigenvalue weighted by molar-refractivity contribution is 8.09. The molecule has 150 valence electrons. The normalized spacial score (nSPS) is 22.6. The second-order valence-electron chi connectivity index (χ2n) is 7.78. The number of nitrogens with zero attached hydrogens (tertiary/aromatic N) is 3. The number of imidazole rings is 1. The van der Waals surface area contributed by atoms with Crippen molar-refractivity contribution in [1.29, 1.82) is 0 Å². The summed E-state index contributed by atoms with van der Waals surface area (Å²) in [7, 11) is 0. The van der Waals surface area contributed by atoms with Gasteiger partial charge in [0.15, 0.2) is 0 Å². The van der Waals surface area contributed by atoms with E-state index in [0.717, 1.165) is 29.8 Å². The molecule has 2 aliphatic rings. The van der Waals surface area contributed by atoms with E-state index in [0.29, 0.717) is 11.4 Å². The lowest BCUT2D eigenvalue weighted by Crippen LogP contribution is -2.41. The van der Waals surface area contributed by atoms with Gasteiger partial charge in [0.25, 0.3) is 0 Å². The quantitative estimate of drug-likeness (QED) is 0.519. The van der Waals surface area contributed by atoms with E-state index in [-0.39, 0.29) is 0 Å². The summed E-state index contributed by atoms with van der Waals surface area (Å²) in [6.07, 6.45) is 6.77. The lowest BCUT2D eigenvalue weighted by Gasteiger charge is -2.35. The molecule has 29 heavy (non-hydrogen) atoms. The number of hydrogen-bond donors (Lipinski definition) is 1. The van der Waals surface area contributed by atoms with Gasteiger partial charge in [-0.3, -0.25) is 5.01 Å². The van der Waals surface area contributed by atoms with E-state index in [1.165, 1.54) is 27.3 Å². The largest absolute Gasteiger partial charge is 0.341 e. The van der Waals surface area contributed by atoms with Crippen LogP contribution in [-0.4, -0.2) is 38.2 Å². The van der Waals surface area contributed by atoms with Gasteiger partial charge in [-0.2, -0.15) is 0 Å². The first-order valence-corrected chi connectivity index (χ1v) is 12.3. The van der Waals surface area contributed by atoms with Gasteiger partial charge in [0, 0.05) is 22.5 Å². The Hall–Kier alpha value is -1.89. The van der Waals surface area contributed by atoms with Gasteiger partial charge in [-0.15, -0.1) is 11.8 Å². The molecule has 1 saturated heterocycles. The van der Waals surface area contributed by atoms with Gasteiger partial charge in [0.2, 0.25) is 0 Å². The molecule has 0 aliphatic carbocycles. The topological polar surface area (TPSA) is 35.2 Å². The summed E-state index contributed by atoms with van der Waals surface area (Å²) in [5.74, 6) is 1.09. The molecule has 3 aromatic rings. The van der Waals surface area contributed by atoms with E-state index in [4.69, 9.17) is 4.98 Å². The molecule has 4 nitrogen and oxygen atoms in total. The molecule has 5 rings (SSSR count). The van der Waals surface area contributed by atoms with E-state index in [9.17, 15) is 0 Å². The summed E-state index contributed by atoms with van der Waals surface area (Å²) >= 11 is 3.71. The molecule has 2 atom stereocenters. The van der Waals surface area contributed by atoms with Crippen LogP contribution in [0, 0.1) is 6.92 Å². The Morgan fingerprint density at radius 1 is 1.17 bits per heavy atom. The highest BCUT2D eigenvalue weighted by Gasteiger charge is 2.36. The maximum Gasteiger partial charge on any atom is 0.126 e. The molecule has 1 fully saturated rings. The van der Waals surface area contributed by atoms with Crippen LogP contribution < -0.4 is 0 Å². The Bertz CT molecular complexity index is 1060. The summed E-state index contributed by atoms with van der Waals surface area (Å²) in [4.78, 5) is 11.2. The maximum atomic E-state index is 4.94. The van der Waals surface area contributed by atoms with Gasteiger partial charge in [-0.25, -0.2) is 9.99 Å². The highest BCUT2D eigenvalue weighted by Crippen LogP contribution is 2.44. The lowest BCUT2D eigenvalue weighted by atomic mass is 10.1. The van der Waals surface area contributed by atoms with Gasteiger partial charge in [-0.05, 0) is 56.7 Å². The molecular weight excluding hydrogens is 396 g/mol. The minimum atomic E-state index is 0.303. The number of aromatic nitrogens is 2. The zero-order valence-corrected chi connectivity index (χ0v) is 18.7. The van der Waals surface area contributed by atoms with Crippen LogP contribution in [-0.2, 0) is 0 Å². The van der Waals surface area contributed by atoms with Crippen molar-refractivity contribution in [2.75, 3.05) is 12.8 Å². The maximum absolute atomic E-state index is 4.94. The van der Waals surface area contributed by atoms with Crippen LogP contribution in [0.4, 0.5) is 0 Å². The Morgan fingerprint density at radius 3 is 2.79 bits per heavy atom. The number of H-pyrrole nitrogens is 1. The van der Waals surface area contributed by atoms with Crippen molar-refractivity contribution in [3.8, 4) is 0 Å². The number of nitrogens with one attached hydrogen (secondary N) is 1. The number of rotatable bonds is 4. The summed E-state index contributed by atoms with van der Waals surface area (Å²) in [5, 5.41) is 5.32. The summed E-state index contributed by atoms with van der Waals surface area (Å²) < 4.78 is 0. The van der Waals surface area contributed by atoms with Crippen molar-refractivity contribution in [2.45, 2.75) is 43.0 Å². The monoisotopic (exact) mass is 422 g/mol. The average molecular weight is 423 g/mol. The van der Waals surface area contributed by atoms with Crippen LogP contribution in [0.1, 0.15) is 42.8 Å². The number of hydrogen-bond acceptors (Lipinski definition) is 5. The Balaban J connectivity index is 1.43. The predicted octanol–water partition coefficient (Wildman–Crippen LogP) is 6.04. The van der Waals surface area contributed by atoms with E-state index >= 15 is 0 Å². The minimum absolute atomic E-state index is 0.303. The Kier molecular flexibility index (Phi) is 5.10. The molecule has 1 unspecified atom stereocenters. The molecule has 2 aromatic carbocycles. The summed E-state index contributed by atoms with van der Waals surface area (Å²) in [6, 6.07) is 15.6. The summed E-state index contributed by atoms with van der Waals surface area (Å²) in [6.45, 7) is 5.50. The Labute approximate surface area is 180 Å². The molecule has 6 heteroatoms. The molecule has 0 saturated carbocycles. The van der Waals surface area contributed by atoms with Crippen LogP contribution in [0.25, 0.3) is 15.9 Å². The van der Waals surface area contributed by atoms with Gasteiger partial charge in [-0.1, -0.05) is 41.6 Å². The molecule has 0 amide bonds. The highest BCUT2D eigenvalue weighted by atomic mass is 32.2. The third-order valence-corrected chi connectivity index (χ3v) is 7.68. The van der Waals surface area contributed by atoms with Crippen molar-refractivity contribution < 1.29 is 0 Å². The van der Waals surface area contributed by atoms with Gasteiger partial charge < -0.3 is 4.98 Å². The van der Waals surface area contributed by atoms with E-state index in [2.05, 4.69) is 83.8 Å². The van der Waals surface area contributed by atoms with Crippen LogP contribution in [0.5, 0.6) is 0 Å². The molecule has 0 bridgehead atoms.